The number of anilines is 1. The van der Waals surface area contributed by atoms with Crippen molar-refractivity contribution in [3.05, 3.63) is 32.8 Å². The molecule has 1 aromatic rings. The first-order chi connectivity index (χ1) is 8.49. The van der Waals surface area contributed by atoms with Crippen LogP contribution in [0.5, 0.6) is 0 Å². The van der Waals surface area contributed by atoms with Gasteiger partial charge in [-0.05, 0) is 19.1 Å². The van der Waals surface area contributed by atoms with Crippen LogP contribution in [0.15, 0.2) is 22.7 Å². The Morgan fingerprint density at radius 1 is 1.39 bits per heavy atom. The fourth-order valence-electron chi connectivity index (χ4n) is 1.60. The van der Waals surface area contributed by atoms with Crippen molar-refractivity contribution in [2.45, 2.75) is 19.3 Å². The highest BCUT2D eigenvalue weighted by atomic mass is 79.9. The Kier molecular flexibility index (Phi) is 5.52. The number of benzene rings is 1. The van der Waals surface area contributed by atoms with Gasteiger partial charge in [-0.1, -0.05) is 15.9 Å². The van der Waals surface area contributed by atoms with Crippen molar-refractivity contribution in [1.82, 2.24) is 0 Å². The molecular weight excluding hydrogens is 304 g/mol. The van der Waals surface area contributed by atoms with Crippen molar-refractivity contribution in [1.29, 1.82) is 0 Å². The molecule has 0 fully saturated rings. The molecule has 0 bridgehead atoms. The first kappa shape index (κ1) is 14.9. The smallest absolute Gasteiger partial charge is 0.293 e. The number of ether oxygens (including phenoxy) is 2. The standard InChI is InChI=1S/C11H15BrN2O4/c1-7(11(17-2)18-3)13-9-5-4-8(12)6-10(9)14(15)16/h4-7,11,13H,1-3H3. The van der Waals surface area contributed by atoms with Crippen molar-refractivity contribution in [3.8, 4) is 0 Å². The maximum absolute atomic E-state index is 10.9. The summed E-state index contributed by atoms with van der Waals surface area (Å²) in [4.78, 5) is 10.5. The summed E-state index contributed by atoms with van der Waals surface area (Å²) in [6, 6.07) is 4.60. The van der Waals surface area contributed by atoms with Crippen molar-refractivity contribution < 1.29 is 14.4 Å². The molecule has 1 N–H and O–H groups in total. The van der Waals surface area contributed by atoms with Gasteiger partial charge in [-0.3, -0.25) is 10.1 Å². The lowest BCUT2D eigenvalue weighted by Crippen LogP contribution is -2.33. The average molecular weight is 319 g/mol. The molecule has 0 aliphatic rings. The molecule has 0 radical (unpaired) electrons. The summed E-state index contributed by atoms with van der Waals surface area (Å²) in [6.07, 6.45) is -0.478. The van der Waals surface area contributed by atoms with Gasteiger partial charge in [-0.2, -0.15) is 0 Å². The molecule has 7 heteroatoms. The average Bonchev–Trinajstić information content (AvgIpc) is 2.32. The number of halogens is 1. The highest BCUT2D eigenvalue weighted by Crippen LogP contribution is 2.28. The lowest BCUT2D eigenvalue weighted by molar-refractivity contribution is -0.384. The lowest BCUT2D eigenvalue weighted by Gasteiger charge is -2.22. The van der Waals surface area contributed by atoms with E-state index in [0.717, 1.165) is 0 Å². The quantitative estimate of drug-likeness (QED) is 0.496. The van der Waals surface area contributed by atoms with Gasteiger partial charge < -0.3 is 14.8 Å². The predicted octanol–water partition coefficient (Wildman–Crippen LogP) is 2.78. The molecule has 6 nitrogen and oxygen atoms in total. The summed E-state index contributed by atoms with van der Waals surface area (Å²) in [6.45, 7) is 1.82. The van der Waals surface area contributed by atoms with E-state index in [0.29, 0.717) is 10.2 Å². The maximum Gasteiger partial charge on any atom is 0.293 e. The van der Waals surface area contributed by atoms with E-state index in [4.69, 9.17) is 9.47 Å². The Bertz CT molecular complexity index is 424. The zero-order chi connectivity index (χ0) is 13.7. The molecule has 0 aliphatic carbocycles. The molecular formula is C11H15BrN2O4. The molecule has 100 valence electrons. The number of nitrogens with zero attached hydrogens (tertiary/aromatic N) is 1. The van der Waals surface area contributed by atoms with Crippen LogP contribution in [0.2, 0.25) is 0 Å². The van der Waals surface area contributed by atoms with Gasteiger partial charge in [0.25, 0.3) is 5.69 Å². The molecule has 1 atom stereocenters. The van der Waals surface area contributed by atoms with Gasteiger partial charge >= 0.3 is 0 Å². The highest BCUT2D eigenvalue weighted by molar-refractivity contribution is 9.10. The fourth-order valence-corrected chi connectivity index (χ4v) is 1.94. The minimum atomic E-state index is -0.478. The summed E-state index contributed by atoms with van der Waals surface area (Å²) in [7, 11) is 3.03. The van der Waals surface area contributed by atoms with Gasteiger partial charge in [-0.25, -0.2) is 0 Å². The first-order valence-electron chi connectivity index (χ1n) is 5.25. The van der Waals surface area contributed by atoms with Gasteiger partial charge in [-0.15, -0.1) is 0 Å². The predicted molar refractivity (Wildman–Crippen MR) is 71.7 cm³/mol. The lowest BCUT2D eigenvalue weighted by atomic mass is 10.2. The fraction of sp³-hybridized carbons (Fsp3) is 0.455. The van der Waals surface area contributed by atoms with Crippen molar-refractivity contribution in [2.24, 2.45) is 0 Å². The van der Waals surface area contributed by atoms with Crippen LogP contribution in [0.4, 0.5) is 11.4 Å². The zero-order valence-electron chi connectivity index (χ0n) is 10.3. The number of nitro benzene ring substituents is 1. The molecule has 0 aliphatic heterocycles. The molecule has 0 saturated carbocycles. The summed E-state index contributed by atoms with van der Waals surface area (Å²) >= 11 is 3.21. The second-order valence-corrected chi connectivity index (χ2v) is 4.61. The SMILES string of the molecule is COC(OC)C(C)Nc1ccc(Br)cc1[N+](=O)[O-]. The number of hydrogen-bond donors (Lipinski definition) is 1. The summed E-state index contributed by atoms with van der Waals surface area (Å²) in [5, 5.41) is 14.0. The summed E-state index contributed by atoms with van der Waals surface area (Å²) in [5.74, 6) is 0. The van der Waals surface area contributed by atoms with Crippen molar-refractivity contribution in [3.63, 3.8) is 0 Å². The molecule has 1 aromatic carbocycles. The number of hydrogen-bond acceptors (Lipinski definition) is 5. The largest absolute Gasteiger partial charge is 0.372 e. The maximum atomic E-state index is 10.9. The first-order valence-corrected chi connectivity index (χ1v) is 6.05. The van der Waals surface area contributed by atoms with E-state index in [1.807, 2.05) is 6.92 Å². The van der Waals surface area contributed by atoms with E-state index in [2.05, 4.69) is 21.2 Å². The molecule has 0 heterocycles. The number of nitro groups is 1. The van der Waals surface area contributed by atoms with Crippen LogP contribution >= 0.6 is 15.9 Å². The normalized spacial score (nSPS) is 12.5. The third-order valence-corrected chi connectivity index (χ3v) is 2.91. The topological polar surface area (TPSA) is 73.6 Å². The van der Waals surface area contributed by atoms with Gasteiger partial charge in [0.05, 0.1) is 11.0 Å². The molecule has 1 unspecified atom stereocenters. The van der Waals surface area contributed by atoms with Crippen LogP contribution in [0.3, 0.4) is 0 Å². The zero-order valence-corrected chi connectivity index (χ0v) is 11.9. The molecule has 18 heavy (non-hydrogen) atoms. The molecule has 1 rings (SSSR count). The van der Waals surface area contributed by atoms with E-state index in [1.54, 1.807) is 12.1 Å². The van der Waals surface area contributed by atoms with Crippen LogP contribution in [0, 0.1) is 10.1 Å². The van der Waals surface area contributed by atoms with E-state index in [9.17, 15) is 10.1 Å². The van der Waals surface area contributed by atoms with E-state index < -0.39 is 11.2 Å². The number of rotatable bonds is 6. The number of methoxy groups -OCH3 is 2. The minimum Gasteiger partial charge on any atom is -0.372 e. The van der Waals surface area contributed by atoms with Crippen LogP contribution in [0.1, 0.15) is 6.92 Å². The van der Waals surface area contributed by atoms with Crippen molar-refractivity contribution in [2.75, 3.05) is 19.5 Å². The molecule has 0 amide bonds. The molecule has 0 aromatic heterocycles. The van der Waals surface area contributed by atoms with Crippen LogP contribution in [0.25, 0.3) is 0 Å². The third kappa shape index (κ3) is 3.66. The number of nitrogens with one attached hydrogen (secondary N) is 1. The van der Waals surface area contributed by atoms with E-state index >= 15 is 0 Å². The van der Waals surface area contributed by atoms with Gasteiger partial charge in [0.2, 0.25) is 0 Å². The monoisotopic (exact) mass is 318 g/mol. The Balaban J connectivity index is 2.93. The van der Waals surface area contributed by atoms with Crippen LogP contribution in [-0.4, -0.2) is 31.5 Å². The van der Waals surface area contributed by atoms with Gasteiger partial charge in [0.15, 0.2) is 6.29 Å². The van der Waals surface area contributed by atoms with Gasteiger partial charge in [0.1, 0.15) is 5.69 Å². The molecule has 0 saturated heterocycles. The Labute approximate surface area is 114 Å². The Morgan fingerprint density at radius 2 is 2.00 bits per heavy atom. The molecule has 0 spiro atoms. The van der Waals surface area contributed by atoms with Gasteiger partial charge in [0, 0.05) is 24.8 Å². The second kappa shape index (κ2) is 6.67. The Morgan fingerprint density at radius 3 is 2.50 bits per heavy atom. The second-order valence-electron chi connectivity index (χ2n) is 3.69. The van der Waals surface area contributed by atoms with E-state index in [-0.39, 0.29) is 11.7 Å². The van der Waals surface area contributed by atoms with Crippen molar-refractivity contribution >= 4 is 27.3 Å². The van der Waals surface area contributed by atoms with Crippen LogP contribution in [-0.2, 0) is 9.47 Å². The third-order valence-electron chi connectivity index (χ3n) is 2.41. The Hall–Kier alpha value is -1.18. The minimum absolute atomic E-state index is 0.00202. The highest BCUT2D eigenvalue weighted by Gasteiger charge is 2.20. The summed E-state index contributed by atoms with van der Waals surface area (Å²) < 4.78 is 10.8. The summed E-state index contributed by atoms with van der Waals surface area (Å²) in [5.41, 5.74) is 0.428. The van der Waals surface area contributed by atoms with E-state index in [1.165, 1.54) is 20.3 Å². The van der Waals surface area contributed by atoms with Crippen LogP contribution < -0.4 is 5.32 Å².